The summed E-state index contributed by atoms with van der Waals surface area (Å²) in [5.74, 6) is 0.720. The van der Waals surface area contributed by atoms with Crippen LogP contribution in [0.25, 0.3) is 0 Å². The zero-order valence-electron chi connectivity index (χ0n) is 17.2. The Hall–Kier alpha value is -3.05. The van der Waals surface area contributed by atoms with Crippen molar-refractivity contribution in [2.45, 2.75) is 18.2 Å². The first-order valence-corrected chi connectivity index (χ1v) is 11.7. The molecule has 156 valence electrons. The number of carbonyl (C=O) groups excluding carboxylic acids is 2. The first-order valence-electron chi connectivity index (χ1n) is 10.7. The van der Waals surface area contributed by atoms with Gasteiger partial charge in [0.25, 0.3) is 5.91 Å². The molecule has 5 rings (SSSR count). The highest BCUT2D eigenvalue weighted by atomic mass is 32.2. The Bertz CT molecular complexity index is 1100. The van der Waals surface area contributed by atoms with Gasteiger partial charge in [0.1, 0.15) is 5.37 Å². The van der Waals surface area contributed by atoms with Crippen LogP contribution < -0.4 is 4.90 Å². The smallest absolute Gasteiger partial charge is 0.258 e. The number of rotatable bonds is 5. The van der Waals surface area contributed by atoms with Gasteiger partial charge >= 0.3 is 0 Å². The third-order valence-corrected chi connectivity index (χ3v) is 7.28. The molecule has 0 aliphatic carbocycles. The summed E-state index contributed by atoms with van der Waals surface area (Å²) >= 11 is 1.66. The molecular formula is C26H24N2O2S. The molecule has 0 bridgehead atoms. The molecule has 1 fully saturated rings. The van der Waals surface area contributed by atoms with E-state index in [0.717, 1.165) is 30.6 Å². The maximum absolute atomic E-state index is 13.1. The summed E-state index contributed by atoms with van der Waals surface area (Å²) in [5.41, 5.74) is 5.23. The van der Waals surface area contributed by atoms with Crippen LogP contribution in [-0.4, -0.2) is 35.6 Å². The topological polar surface area (TPSA) is 40.6 Å². The fraction of sp³-hybridized carbons (Fsp3) is 0.231. The van der Waals surface area contributed by atoms with E-state index >= 15 is 0 Å². The zero-order chi connectivity index (χ0) is 21.2. The standard InChI is InChI=1S/C26H24N2O2S/c29-24-18-31-26(28(24)16-14-19-6-2-1-3-7-19)22-12-10-21(11-13-22)25(30)27-17-15-20-8-4-5-9-23(20)27/h1-13,26H,14-18H2/t26-/m0/s1. The van der Waals surface area contributed by atoms with E-state index in [4.69, 9.17) is 0 Å². The monoisotopic (exact) mass is 428 g/mol. The Labute approximate surface area is 186 Å². The minimum atomic E-state index is 0.00729. The van der Waals surface area contributed by atoms with Crippen molar-refractivity contribution in [3.8, 4) is 0 Å². The highest BCUT2D eigenvalue weighted by molar-refractivity contribution is 8.00. The first-order chi connectivity index (χ1) is 15.2. The molecule has 4 nitrogen and oxygen atoms in total. The predicted octanol–water partition coefficient (Wildman–Crippen LogP) is 4.71. The van der Waals surface area contributed by atoms with Crippen LogP contribution in [0.15, 0.2) is 78.9 Å². The van der Waals surface area contributed by atoms with Crippen molar-refractivity contribution in [2.24, 2.45) is 0 Å². The average molecular weight is 429 g/mol. The van der Waals surface area contributed by atoms with Gasteiger partial charge in [-0.15, -0.1) is 11.8 Å². The molecule has 0 N–H and O–H groups in total. The van der Waals surface area contributed by atoms with Gasteiger partial charge in [-0.2, -0.15) is 0 Å². The molecule has 2 amide bonds. The molecule has 0 unspecified atom stereocenters. The lowest BCUT2D eigenvalue weighted by molar-refractivity contribution is -0.128. The molecule has 2 heterocycles. The fourth-order valence-corrected chi connectivity index (χ4v) is 5.58. The molecule has 2 aliphatic heterocycles. The summed E-state index contributed by atoms with van der Waals surface area (Å²) < 4.78 is 0. The van der Waals surface area contributed by atoms with Crippen molar-refractivity contribution in [1.82, 2.24) is 4.90 Å². The van der Waals surface area contributed by atoms with Crippen LogP contribution in [0, 0.1) is 0 Å². The van der Waals surface area contributed by atoms with E-state index in [-0.39, 0.29) is 17.2 Å². The molecule has 0 spiro atoms. The van der Waals surface area contributed by atoms with Gasteiger partial charge in [0.2, 0.25) is 5.91 Å². The number of carbonyl (C=O) groups is 2. The number of hydrogen-bond acceptors (Lipinski definition) is 3. The van der Waals surface area contributed by atoms with Crippen LogP contribution in [-0.2, 0) is 17.6 Å². The molecule has 0 aromatic heterocycles. The number of nitrogens with zero attached hydrogens (tertiary/aromatic N) is 2. The number of hydrogen-bond donors (Lipinski definition) is 0. The third-order valence-electron chi connectivity index (χ3n) is 6.03. The van der Waals surface area contributed by atoms with Gasteiger partial charge in [-0.25, -0.2) is 0 Å². The van der Waals surface area contributed by atoms with Crippen LogP contribution in [0.5, 0.6) is 0 Å². The van der Waals surface area contributed by atoms with E-state index in [1.807, 2.05) is 70.5 Å². The fourth-order valence-electron chi connectivity index (χ4n) is 4.36. The van der Waals surface area contributed by atoms with Crippen LogP contribution in [0.2, 0.25) is 0 Å². The zero-order valence-corrected chi connectivity index (χ0v) is 18.1. The van der Waals surface area contributed by atoms with Crippen molar-refractivity contribution in [3.05, 3.63) is 101 Å². The number of anilines is 1. The molecule has 31 heavy (non-hydrogen) atoms. The van der Waals surface area contributed by atoms with Crippen molar-refractivity contribution >= 4 is 29.3 Å². The van der Waals surface area contributed by atoms with Crippen LogP contribution in [0.3, 0.4) is 0 Å². The van der Waals surface area contributed by atoms with E-state index < -0.39 is 0 Å². The van der Waals surface area contributed by atoms with E-state index in [1.165, 1.54) is 11.1 Å². The van der Waals surface area contributed by atoms with E-state index in [0.29, 0.717) is 17.9 Å². The minimum absolute atomic E-state index is 0.00729. The van der Waals surface area contributed by atoms with Crippen molar-refractivity contribution < 1.29 is 9.59 Å². The second-order valence-electron chi connectivity index (χ2n) is 7.94. The van der Waals surface area contributed by atoms with E-state index in [2.05, 4.69) is 18.2 Å². The highest BCUT2D eigenvalue weighted by Gasteiger charge is 2.32. The number of para-hydroxylation sites is 1. The Morgan fingerprint density at radius 3 is 2.48 bits per heavy atom. The quantitative estimate of drug-likeness (QED) is 0.591. The summed E-state index contributed by atoms with van der Waals surface area (Å²) in [6.45, 7) is 1.42. The summed E-state index contributed by atoms with van der Waals surface area (Å²) in [5, 5.41) is 0.00729. The van der Waals surface area contributed by atoms with Crippen molar-refractivity contribution in [1.29, 1.82) is 0 Å². The molecule has 3 aromatic carbocycles. The molecule has 2 aliphatic rings. The summed E-state index contributed by atoms with van der Waals surface area (Å²) in [6.07, 6.45) is 1.74. The maximum atomic E-state index is 13.1. The summed E-state index contributed by atoms with van der Waals surface area (Å²) in [7, 11) is 0. The Morgan fingerprint density at radius 2 is 1.68 bits per heavy atom. The molecular weight excluding hydrogens is 404 g/mol. The van der Waals surface area contributed by atoms with E-state index in [1.54, 1.807) is 11.8 Å². The largest absolute Gasteiger partial charge is 0.326 e. The maximum Gasteiger partial charge on any atom is 0.258 e. The molecule has 0 saturated carbocycles. The lowest BCUT2D eigenvalue weighted by atomic mass is 10.1. The van der Waals surface area contributed by atoms with Gasteiger partial charge in [0, 0.05) is 24.3 Å². The Balaban J connectivity index is 1.30. The minimum Gasteiger partial charge on any atom is -0.326 e. The molecule has 5 heteroatoms. The van der Waals surface area contributed by atoms with Crippen molar-refractivity contribution in [2.75, 3.05) is 23.7 Å². The van der Waals surface area contributed by atoms with Gasteiger partial charge in [-0.05, 0) is 47.7 Å². The second-order valence-corrected chi connectivity index (χ2v) is 9.01. The Morgan fingerprint density at radius 1 is 0.935 bits per heavy atom. The van der Waals surface area contributed by atoms with Crippen molar-refractivity contribution in [3.63, 3.8) is 0 Å². The summed E-state index contributed by atoms with van der Waals surface area (Å²) in [4.78, 5) is 29.4. The first kappa shape index (κ1) is 19.9. The second kappa shape index (κ2) is 8.60. The SMILES string of the molecule is O=C(c1ccc([C@@H]2SCC(=O)N2CCc2ccccc2)cc1)N1CCc2ccccc21. The average Bonchev–Trinajstić information content (AvgIpc) is 3.41. The summed E-state index contributed by atoms with van der Waals surface area (Å²) in [6, 6.07) is 26.2. The number of thioether (sulfide) groups is 1. The van der Waals surface area contributed by atoms with Gasteiger partial charge < -0.3 is 9.80 Å². The number of fused-ring (bicyclic) bond motifs is 1. The lowest BCUT2D eigenvalue weighted by Crippen LogP contribution is -2.30. The highest BCUT2D eigenvalue weighted by Crippen LogP contribution is 2.39. The van der Waals surface area contributed by atoms with Gasteiger partial charge in [0.05, 0.1) is 5.75 Å². The molecule has 1 atom stereocenters. The Kier molecular flexibility index (Phi) is 5.51. The van der Waals surface area contributed by atoms with Gasteiger partial charge in [-0.3, -0.25) is 9.59 Å². The van der Waals surface area contributed by atoms with Crippen LogP contribution in [0.1, 0.15) is 32.4 Å². The number of amides is 2. The van der Waals surface area contributed by atoms with Crippen LogP contribution in [0.4, 0.5) is 5.69 Å². The number of benzene rings is 3. The molecule has 0 radical (unpaired) electrons. The molecule has 3 aromatic rings. The van der Waals surface area contributed by atoms with Crippen LogP contribution >= 0.6 is 11.8 Å². The van der Waals surface area contributed by atoms with E-state index in [9.17, 15) is 9.59 Å². The molecule has 1 saturated heterocycles. The lowest BCUT2D eigenvalue weighted by Gasteiger charge is -2.24. The van der Waals surface area contributed by atoms with Gasteiger partial charge in [0.15, 0.2) is 0 Å². The normalized spacial score (nSPS) is 17.8. The predicted molar refractivity (Wildman–Crippen MR) is 125 cm³/mol. The van der Waals surface area contributed by atoms with Gasteiger partial charge in [-0.1, -0.05) is 60.7 Å². The third kappa shape index (κ3) is 3.98.